The maximum atomic E-state index is 13.6. The Labute approximate surface area is 251 Å². The van der Waals surface area contributed by atoms with E-state index in [0.717, 1.165) is 34.3 Å². The molecule has 5 unspecified atom stereocenters. The first-order chi connectivity index (χ1) is 20.9. The summed E-state index contributed by atoms with van der Waals surface area (Å²) < 4.78 is 0. The Hall–Kier alpha value is -5.21. The van der Waals surface area contributed by atoms with Gasteiger partial charge in [-0.3, -0.25) is 19.2 Å². The van der Waals surface area contributed by atoms with Gasteiger partial charge >= 0.3 is 5.97 Å². The number of aliphatic hydroxyl groups is 1. The van der Waals surface area contributed by atoms with Gasteiger partial charge < -0.3 is 47.6 Å². The van der Waals surface area contributed by atoms with Crippen LogP contribution in [0.15, 0.2) is 60.9 Å². The maximum absolute atomic E-state index is 13.6. The molecule has 2 aromatic heterocycles. The van der Waals surface area contributed by atoms with Gasteiger partial charge in [0.05, 0.1) is 18.6 Å². The molecule has 0 fully saturated rings. The van der Waals surface area contributed by atoms with Crippen molar-refractivity contribution in [3.05, 3.63) is 72.1 Å². The third-order valence-corrected chi connectivity index (χ3v) is 7.27. The second-order valence-corrected chi connectivity index (χ2v) is 10.6. The number of carbonyl (C=O) groups is 5. The van der Waals surface area contributed by atoms with E-state index in [9.17, 15) is 34.2 Å². The Morgan fingerprint density at radius 2 is 1.27 bits per heavy atom. The van der Waals surface area contributed by atoms with E-state index in [2.05, 4.69) is 25.9 Å². The SMILES string of the molecule is CC(O)C(NC(=O)C(CC(N)=O)NC(=O)C(Cc1c[nH]c2ccccc12)NC(=O)C(N)Cc1c[nH]c2ccccc12)C(=O)O. The average Bonchev–Trinajstić information content (AvgIpc) is 3.58. The number of aromatic nitrogens is 2. The molecular formula is C30H35N7O7. The number of fused-ring (bicyclic) bond motifs is 2. The lowest BCUT2D eigenvalue weighted by Gasteiger charge is -2.25. The number of para-hydroxylation sites is 2. The standard InChI is InChI=1S/C30H35N7O7/c1-15(38)26(30(43)44)37-29(42)24(12-25(32)39)36-28(41)23(11-17-14-34-22-9-5-3-7-19(17)22)35-27(40)20(31)10-16-13-33-21-8-4-2-6-18(16)21/h2-9,13-15,20,23-24,26,33-34,38H,10-12,31H2,1H3,(H2,32,39)(H,35,40)(H,36,41)(H,37,42)(H,43,44). The number of aliphatic carboxylic acids is 1. The van der Waals surface area contributed by atoms with Gasteiger partial charge in [-0.2, -0.15) is 0 Å². The fourth-order valence-electron chi connectivity index (χ4n) is 4.96. The van der Waals surface area contributed by atoms with Gasteiger partial charge in [-0.15, -0.1) is 0 Å². The molecule has 4 rings (SSSR count). The van der Waals surface area contributed by atoms with E-state index in [-0.39, 0.29) is 12.8 Å². The molecule has 0 aliphatic rings. The number of nitrogens with two attached hydrogens (primary N) is 2. The Bertz CT molecular complexity index is 1680. The van der Waals surface area contributed by atoms with Gasteiger partial charge in [-0.1, -0.05) is 36.4 Å². The molecule has 5 atom stereocenters. The molecule has 2 heterocycles. The number of nitrogens with one attached hydrogen (secondary N) is 5. The molecule has 0 saturated carbocycles. The van der Waals surface area contributed by atoms with Gasteiger partial charge in [0.1, 0.15) is 12.1 Å². The van der Waals surface area contributed by atoms with Crippen LogP contribution in [0.1, 0.15) is 24.5 Å². The zero-order chi connectivity index (χ0) is 32.0. The maximum Gasteiger partial charge on any atom is 0.328 e. The van der Waals surface area contributed by atoms with E-state index in [1.165, 1.54) is 0 Å². The third-order valence-electron chi connectivity index (χ3n) is 7.27. The molecule has 0 bridgehead atoms. The van der Waals surface area contributed by atoms with Crippen LogP contribution in [0.4, 0.5) is 0 Å². The minimum absolute atomic E-state index is 0.0161. The van der Waals surface area contributed by atoms with E-state index in [1.54, 1.807) is 12.4 Å². The summed E-state index contributed by atoms with van der Waals surface area (Å²) in [6.45, 7) is 1.16. The van der Waals surface area contributed by atoms with Crippen molar-refractivity contribution >= 4 is 51.4 Å². The first kappa shape index (κ1) is 31.7. The summed E-state index contributed by atoms with van der Waals surface area (Å²) in [7, 11) is 0. The van der Waals surface area contributed by atoms with Crippen molar-refractivity contribution in [2.45, 2.75) is 56.5 Å². The highest BCUT2D eigenvalue weighted by molar-refractivity contribution is 5.97. The topological polar surface area (TPSA) is 246 Å². The number of H-pyrrole nitrogens is 2. The first-order valence-electron chi connectivity index (χ1n) is 13.9. The van der Waals surface area contributed by atoms with Crippen LogP contribution in [-0.2, 0) is 36.8 Å². The third kappa shape index (κ3) is 7.59. The second-order valence-electron chi connectivity index (χ2n) is 10.6. The highest BCUT2D eigenvalue weighted by Gasteiger charge is 2.33. The molecule has 44 heavy (non-hydrogen) atoms. The molecule has 0 aliphatic carbocycles. The number of hydrogen-bond donors (Lipinski definition) is 9. The largest absolute Gasteiger partial charge is 0.480 e. The number of aromatic amines is 2. The zero-order valence-corrected chi connectivity index (χ0v) is 23.9. The van der Waals surface area contributed by atoms with Crippen LogP contribution in [0.5, 0.6) is 0 Å². The zero-order valence-electron chi connectivity index (χ0n) is 23.9. The van der Waals surface area contributed by atoms with Crippen LogP contribution in [0.3, 0.4) is 0 Å². The highest BCUT2D eigenvalue weighted by Crippen LogP contribution is 2.21. The van der Waals surface area contributed by atoms with Gasteiger partial charge in [0.25, 0.3) is 0 Å². The second kappa shape index (κ2) is 13.8. The average molecular weight is 606 g/mol. The fraction of sp³-hybridized carbons (Fsp3) is 0.300. The molecule has 14 nitrogen and oxygen atoms in total. The van der Waals surface area contributed by atoms with Crippen molar-refractivity contribution in [3.8, 4) is 0 Å². The van der Waals surface area contributed by atoms with Crippen molar-refractivity contribution < 1.29 is 34.2 Å². The predicted octanol–water partition coefficient (Wildman–Crippen LogP) is -0.443. The number of carboxylic acids is 1. The van der Waals surface area contributed by atoms with E-state index in [0.29, 0.717) is 5.56 Å². The van der Waals surface area contributed by atoms with Gasteiger partial charge in [0.2, 0.25) is 23.6 Å². The Morgan fingerprint density at radius 1 is 0.773 bits per heavy atom. The molecule has 0 aliphatic heterocycles. The number of carboxylic acid groups (broad SMARTS) is 1. The van der Waals surface area contributed by atoms with E-state index in [4.69, 9.17) is 11.5 Å². The van der Waals surface area contributed by atoms with Crippen LogP contribution in [0.25, 0.3) is 21.8 Å². The van der Waals surface area contributed by atoms with Gasteiger partial charge in [0.15, 0.2) is 6.04 Å². The summed E-state index contributed by atoms with van der Waals surface area (Å²) in [6, 6.07) is 9.27. The molecule has 0 spiro atoms. The summed E-state index contributed by atoms with van der Waals surface area (Å²) in [5, 5.41) is 28.0. The van der Waals surface area contributed by atoms with Crippen LogP contribution < -0.4 is 27.4 Å². The van der Waals surface area contributed by atoms with E-state index >= 15 is 0 Å². The normalized spacial score (nSPS) is 14.7. The molecule has 4 aromatic rings. The Kier molecular flexibility index (Phi) is 9.98. The lowest BCUT2D eigenvalue weighted by Crippen LogP contribution is -2.59. The van der Waals surface area contributed by atoms with Crippen LogP contribution in [0.2, 0.25) is 0 Å². The Morgan fingerprint density at radius 3 is 1.80 bits per heavy atom. The molecule has 11 N–H and O–H groups in total. The van der Waals surface area contributed by atoms with Crippen molar-refractivity contribution in [1.29, 1.82) is 0 Å². The van der Waals surface area contributed by atoms with Crippen molar-refractivity contribution in [1.82, 2.24) is 25.9 Å². The first-order valence-corrected chi connectivity index (χ1v) is 13.9. The summed E-state index contributed by atoms with van der Waals surface area (Å²) in [4.78, 5) is 69.4. The number of hydrogen-bond acceptors (Lipinski definition) is 7. The van der Waals surface area contributed by atoms with Crippen molar-refractivity contribution in [2.24, 2.45) is 11.5 Å². The monoisotopic (exact) mass is 605 g/mol. The number of carbonyl (C=O) groups excluding carboxylic acids is 4. The fourth-order valence-corrected chi connectivity index (χ4v) is 4.96. The number of aliphatic hydroxyl groups excluding tert-OH is 1. The molecule has 14 heteroatoms. The lowest BCUT2D eigenvalue weighted by atomic mass is 10.0. The van der Waals surface area contributed by atoms with Gasteiger partial charge in [0, 0.05) is 40.6 Å². The van der Waals surface area contributed by atoms with Crippen LogP contribution in [-0.4, -0.2) is 80.1 Å². The minimum atomic E-state index is -1.71. The number of benzene rings is 2. The van der Waals surface area contributed by atoms with Crippen molar-refractivity contribution in [3.63, 3.8) is 0 Å². The molecule has 0 radical (unpaired) electrons. The van der Waals surface area contributed by atoms with Crippen molar-refractivity contribution in [2.75, 3.05) is 0 Å². The quantitative estimate of drug-likeness (QED) is 0.0909. The van der Waals surface area contributed by atoms with E-state index in [1.807, 2.05) is 48.5 Å². The summed E-state index contributed by atoms with van der Waals surface area (Å²) in [5.74, 6) is -5.00. The van der Waals surface area contributed by atoms with Gasteiger partial charge in [-0.25, -0.2) is 4.79 Å². The summed E-state index contributed by atoms with van der Waals surface area (Å²) in [5.41, 5.74) is 14.7. The number of primary amides is 1. The summed E-state index contributed by atoms with van der Waals surface area (Å²) in [6.07, 6.45) is 1.46. The predicted molar refractivity (Wildman–Crippen MR) is 161 cm³/mol. The molecular weight excluding hydrogens is 570 g/mol. The van der Waals surface area contributed by atoms with Gasteiger partial charge in [-0.05, 0) is 36.6 Å². The number of rotatable bonds is 14. The summed E-state index contributed by atoms with van der Waals surface area (Å²) >= 11 is 0. The van der Waals surface area contributed by atoms with E-state index < -0.39 is 66.3 Å². The molecule has 4 amide bonds. The highest BCUT2D eigenvalue weighted by atomic mass is 16.4. The smallest absolute Gasteiger partial charge is 0.328 e. The molecule has 232 valence electrons. The van der Waals surface area contributed by atoms with Crippen LogP contribution in [0, 0.1) is 0 Å². The molecule has 2 aromatic carbocycles. The lowest BCUT2D eigenvalue weighted by molar-refractivity contribution is -0.145. The van der Waals surface area contributed by atoms with Crippen LogP contribution >= 0.6 is 0 Å². The Balaban J connectivity index is 1.56. The minimum Gasteiger partial charge on any atom is -0.480 e. The molecule has 0 saturated heterocycles. The number of amides is 4.